The van der Waals surface area contributed by atoms with Crippen LogP contribution in [-0.2, 0) is 5.41 Å². The second kappa shape index (κ2) is 15.3. The van der Waals surface area contributed by atoms with E-state index in [2.05, 4.69) is 258 Å². The third-order valence-electron chi connectivity index (χ3n) is 15.1. The minimum Gasteiger partial charge on any atom is -0.449 e. The summed E-state index contributed by atoms with van der Waals surface area (Å²) in [6, 6.07) is 91.8. The van der Waals surface area contributed by atoms with E-state index >= 15 is 0 Å². The largest absolute Gasteiger partial charge is 0.449 e. The highest BCUT2D eigenvalue weighted by molar-refractivity contribution is 6.11. The van der Waals surface area contributed by atoms with Gasteiger partial charge in [0.05, 0.1) is 27.8 Å². The zero-order valence-corrected chi connectivity index (χ0v) is 38.5. The molecule has 1 spiro atoms. The highest BCUT2D eigenvalue weighted by Crippen LogP contribution is 2.67. The minimum atomic E-state index is -0.509. The molecule has 0 radical (unpaired) electrons. The fourth-order valence-electron chi connectivity index (χ4n) is 12.2. The second-order valence-electron chi connectivity index (χ2n) is 18.7. The summed E-state index contributed by atoms with van der Waals surface area (Å²) in [6.07, 6.45) is 0. The lowest BCUT2D eigenvalue weighted by molar-refractivity contribution is 0.361. The molecule has 3 aliphatic rings. The van der Waals surface area contributed by atoms with Gasteiger partial charge in [-0.05, 0) is 105 Å². The maximum absolute atomic E-state index is 7.48. The van der Waals surface area contributed by atoms with Crippen LogP contribution in [0.5, 0.6) is 23.0 Å². The van der Waals surface area contributed by atoms with Crippen LogP contribution in [0.25, 0.3) is 72.0 Å². The maximum Gasteiger partial charge on any atom is 0.178 e. The SMILES string of the molecule is c1ccc(-c2ccccc2N(c2ccc3c(c2)c2ccccc2n3-c2ccccc2)c2ccccc2-c2cccc3c2Oc2c(ccc4c2-c2ccccc2C42c4ccccc4-c4ccccc42)O3)cc1. The number of hydrogen-bond donors (Lipinski definition) is 0. The fourth-order valence-corrected chi connectivity index (χ4v) is 12.2. The molecule has 0 saturated heterocycles. The highest BCUT2D eigenvalue weighted by Gasteiger charge is 2.53. The maximum atomic E-state index is 7.48. The normalized spacial score (nSPS) is 13.1. The number of nitrogens with zero attached hydrogens (tertiary/aromatic N) is 2. The van der Waals surface area contributed by atoms with Crippen LogP contribution in [0.2, 0.25) is 0 Å². The van der Waals surface area contributed by atoms with Gasteiger partial charge in [-0.1, -0.05) is 194 Å². The number of fused-ring (bicyclic) bond motifs is 16. The first-order chi connectivity index (χ1) is 35.3. The van der Waals surface area contributed by atoms with Gasteiger partial charge in [0.15, 0.2) is 23.0 Å². The molecule has 2 aliphatic carbocycles. The first kappa shape index (κ1) is 39.6. The van der Waals surface area contributed by atoms with Gasteiger partial charge in [0.1, 0.15) is 0 Å². The van der Waals surface area contributed by atoms with Crippen molar-refractivity contribution in [2.75, 3.05) is 4.90 Å². The fraction of sp³-hybridized carbons (Fsp3) is 0.0149. The Labute approximate surface area is 411 Å². The molecular weight excluding hydrogens is 865 g/mol. The molecule has 71 heavy (non-hydrogen) atoms. The highest BCUT2D eigenvalue weighted by atomic mass is 16.6. The minimum absolute atomic E-state index is 0.509. The third-order valence-corrected chi connectivity index (χ3v) is 15.1. The monoisotopic (exact) mass is 906 g/mol. The van der Waals surface area contributed by atoms with Gasteiger partial charge < -0.3 is 18.9 Å². The summed E-state index contributed by atoms with van der Waals surface area (Å²) in [5.41, 5.74) is 20.0. The van der Waals surface area contributed by atoms with Crippen molar-refractivity contribution in [2.24, 2.45) is 0 Å². The molecule has 332 valence electrons. The van der Waals surface area contributed by atoms with E-state index in [9.17, 15) is 0 Å². The van der Waals surface area contributed by atoms with E-state index < -0.39 is 5.41 Å². The van der Waals surface area contributed by atoms with E-state index in [1.165, 1.54) is 44.2 Å². The van der Waals surface area contributed by atoms with Gasteiger partial charge in [-0.25, -0.2) is 0 Å². The number of anilines is 3. The Bertz CT molecular complexity index is 4090. The van der Waals surface area contributed by atoms with Crippen molar-refractivity contribution in [1.29, 1.82) is 0 Å². The molecule has 0 amide bonds. The quantitative estimate of drug-likeness (QED) is 0.166. The molecule has 0 saturated carbocycles. The van der Waals surface area contributed by atoms with Crippen molar-refractivity contribution in [3.8, 4) is 73.2 Å². The summed E-state index contributed by atoms with van der Waals surface area (Å²) < 4.78 is 16.9. The molecule has 1 aromatic heterocycles. The molecule has 0 fully saturated rings. The standard InChI is InChI=1S/C67H42N2O2/c1-3-20-43(21-4-1)46-24-10-16-34-58(46)69(45-38-40-61-53(42-45)50-28-12-18-36-60(50)68(61)44-22-5-2-6-23-44)59-35-17-11-27-49(59)51-30-19-37-62-65(51)71-66-63(70-62)41-39-57-64(66)52-29-9-15-33-56(52)67(57)54-31-13-7-25-47(54)48-26-8-14-32-55(48)67/h1-42H. The van der Waals surface area contributed by atoms with E-state index in [0.717, 1.165) is 72.9 Å². The van der Waals surface area contributed by atoms with E-state index in [1.807, 2.05) is 6.07 Å². The van der Waals surface area contributed by atoms with Crippen molar-refractivity contribution in [3.05, 3.63) is 277 Å². The lowest BCUT2D eigenvalue weighted by Crippen LogP contribution is -2.25. The van der Waals surface area contributed by atoms with Gasteiger partial charge in [0.25, 0.3) is 0 Å². The van der Waals surface area contributed by atoms with Crippen molar-refractivity contribution in [1.82, 2.24) is 4.57 Å². The number of para-hydroxylation sites is 5. The molecule has 1 aliphatic heterocycles. The van der Waals surface area contributed by atoms with Crippen molar-refractivity contribution in [3.63, 3.8) is 0 Å². The molecule has 0 N–H and O–H groups in total. The summed E-state index contributed by atoms with van der Waals surface area (Å²) in [6.45, 7) is 0. The Kier molecular flexibility index (Phi) is 8.54. The Morgan fingerprint density at radius 2 is 0.887 bits per heavy atom. The summed E-state index contributed by atoms with van der Waals surface area (Å²) in [5.74, 6) is 2.80. The molecule has 12 aromatic rings. The molecule has 0 atom stereocenters. The van der Waals surface area contributed by atoms with E-state index in [4.69, 9.17) is 9.47 Å². The summed E-state index contributed by atoms with van der Waals surface area (Å²) in [5, 5.41) is 2.37. The predicted molar refractivity (Wildman–Crippen MR) is 289 cm³/mol. The van der Waals surface area contributed by atoms with E-state index in [-0.39, 0.29) is 0 Å². The van der Waals surface area contributed by atoms with Crippen LogP contribution in [-0.4, -0.2) is 4.57 Å². The molecule has 4 heteroatoms. The average Bonchev–Trinajstić information content (AvgIpc) is 4.06. The average molecular weight is 907 g/mol. The van der Waals surface area contributed by atoms with Crippen LogP contribution in [0, 0.1) is 0 Å². The van der Waals surface area contributed by atoms with Crippen LogP contribution >= 0.6 is 0 Å². The Hall–Kier alpha value is -9.38. The van der Waals surface area contributed by atoms with Crippen LogP contribution in [0.1, 0.15) is 22.3 Å². The van der Waals surface area contributed by atoms with Gasteiger partial charge >= 0.3 is 0 Å². The smallest absolute Gasteiger partial charge is 0.178 e. The summed E-state index contributed by atoms with van der Waals surface area (Å²) >= 11 is 0. The zero-order chi connectivity index (χ0) is 46.6. The molecule has 0 unspecified atom stereocenters. The Morgan fingerprint density at radius 1 is 0.338 bits per heavy atom. The topological polar surface area (TPSA) is 26.6 Å². The molecule has 0 bridgehead atoms. The van der Waals surface area contributed by atoms with E-state index in [1.54, 1.807) is 0 Å². The lowest BCUT2D eigenvalue weighted by atomic mass is 9.70. The summed E-state index contributed by atoms with van der Waals surface area (Å²) in [7, 11) is 0. The number of hydrogen-bond acceptors (Lipinski definition) is 3. The lowest BCUT2D eigenvalue weighted by Gasteiger charge is -2.32. The van der Waals surface area contributed by atoms with Gasteiger partial charge in [0.2, 0.25) is 0 Å². The van der Waals surface area contributed by atoms with Crippen LogP contribution in [0.3, 0.4) is 0 Å². The van der Waals surface area contributed by atoms with Gasteiger partial charge in [0, 0.05) is 44.4 Å². The molecule has 2 heterocycles. The second-order valence-corrected chi connectivity index (χ2v) is 18.7. The molecular formula is C67H42N2O2. The number of benzene rings is 11. The first-order valence-electron chi connectivity index (χ1n) is 24.3. The summed E-state index contributed by atoms with van der Waals surface area (Å²) in [4.78, 5) is 2.43. The number of rotatable bonds is 6. The number of ether oxygens (including phenoxy) is 2. The Morgan fingerprint density at radius 3 is 1.63 bits per heavy atom. The van der Waals surface area contributed by atoms with Gasteiger partial charge in [-0.2, -0.15) is 0 Å². The zero-order valence-electron chi connectivity index (χ0n) is 38.5. The van der Waals surface area contributed by atoms with Gasteiger partial charge in [-0.15, -0.1) is 0 Å². The van der Waals surface area contributed by atoms with Crippen molar-refractivity contribution in [2.45, 2.75) is 5.41 Å². The van der Waals surface area contributed by atoms with Crippen molar-refractivity contribution >= 4 is 38.9 Å². The van der Waals surface area contributed by atoms with Gasteiger partial charge in [-0.3, -0.25) is 0 Å². The van der Waals surface area contributed by atoms with Crippen LogP contribution < -0.4 is 14.4 Å². The van der Waals surface area contributed by atoms with E-state index in [0.29, 0.717) is 17.2 Å². The number of aromatic nitrogens is 1. The van der Waals surface area contributed by atoms with Crippen LogP contribution in [0.4, 0.5) is 17.1 Å². The van der Waals surface area contributed by atoms with Crippen LogP contribution in [0.15, 0.2) is 255 Å². The van der Waals surface area contributed by atoms with Crippen molar-refractivity contribution < 1.29 is 9.47 Å². The molecule has 4 nitrogen and oxygen atoms in total. The Balaban J connectivity index is 0.938. The first-order valence-corrected chi connectivity index (χ1v) is 24.3. The predicted octanol–water partition coefficient (Wildman–Crippen LogP) is 17.8. The molecule has 15 rings (SSSR count). The third kappa shape index (κ3) is 5.61. The molecule has 11 aromatic carbocycles.